The second kappa shape index (κ2) is 5.58. The minimum atomic E-state index is -4.88. The molecule has 0 radical (unpaired) electrons. The molecule has 0 aliphatic carbocycles. The second-order valence-corrected chi connectivity index (χ2v) is 5.52. The lowest BCUT2D eigenvalue weighted by Crippen LogP contribution is -2.50. The summed E-state index contributed by atoms with van der Waals surface area (Å²) in [5, 5.41) is 14.8. The third kappa shape index (κ3) is 2.27. The monoisotopic (exact) mass is 354 g/mol. The number of anilines is 2. The van der Waals surface area contributed by atoms with Gasteiger partial charge in [-0.1, -0.05) is 17.5 Å². The lowest BCUT2D eigenvalue weighted by molar-refractivity contribution is -0.591. The Hall–Kier alpha value is -2.43. The molecule has 1 aromatic heterocycles. The maximum Gasteiger partial charge on any atom is 0.426 e. The fourth-order valence-corrected chi connectivity index (χ4v) is 2.95. The van der Waals surface area contributed by atoms with Crippen LogP contribution in [0.1, 0.15) is 11.1 Å². The van der Waals surface area contributed by atoms with Gasteiger partial charge in [-0.3, -0.25) is 0 Å². The first-order chi connectivity index (χ1) is 11.3. The van der Waals surface area contributed by atoms with Crippen molar-refractivity contribution in [3.05, 3.63) is 57.9 Å². The molecule has 1 atom stereocenters. The molecule has 0 bridgehead atoms. The first-order valence-corrected chi connectivity index (χ1v) is 7.13. The van der Waals surface area contributed by atoms with E-state index in [0.29, 0.717) is 4.73 Å². The smallest absolute Gasteiger partial charge is 0.426 e. The zero-order valence-corrected chi connectivity index (χ0v) is 12.8. The van der Waals surface area contributed by atoms with Gasteiger partial charge >= 0.3 is 6.18 Å². The van der Waals surface area contributed by atoms with Crippen molar-refractivity contribution in [3.8, 4) is 12.3 Å². The van der Waals surface area contributed by atoms with Gasteiger partial charge < -0.3 is 9.94 Å². The summed E-state index contributed by atoms with van der Waals surface area (Å²) < 4.78 is 47.9. The number of rotatable bonds is 2. The van der Waals surface area contributed by atoms with Gasteiger partial charge in [0.2, 0.25) is 5.60 Å². The van der Waals surface area contributed by atoms with E-state index in [-0.39, 0.29) is 27.7 Å². The third-order valence-electron chi connectivity index (χ3n) is 3.72. The Morgan fingerprint density at radius 1 is 1.33 bits per heavy atom. The Morgan fingerprint density at radius 2 is 2.08 bits per heavy atom. The largest absolute Gasteiger partial charge is 0.711 e. The van der Waals surface area contributed by atoms with Crippen molar-refractivity contribution >= 4 is 23.1 Å². The van der Waals surface area contributed by atoms with Crippen molar-refractivity contribution in [2.45, 2.75) is 11.8 Å². The average molecular weight is 355 g/mol. The molecule has 0 spiro atoms. The number of hydrogen-bond acceptors (Lipinski definition) is 3. The Morgan fingerprint density at radius 3 is 2.75 bits per heavy atom. The number of nitrogens with one attached hydrogen (secondary N) is 1. The van der Waals surface area contributed by atoms with Gasteiger partial charge in [0.15, 0.2) is 0 Å². The Balaban J connectivity index is 2.40. The standard InChI is InChI=1S/C16H10ClF3N2O2/c1-2-8-24-15(16(18,19)20)11-4-3-7-22(23)14(11)21-13-6-5-10(17)9-12(13)15/h1,3-7,9,21H,8H2. The number of benzene rings is 1. The number of aromatic nitrogens is 1. The van der Waals surface area contributed by atoms with E-state index >= 15 is 0 Å². The minimum absolute atomic E-state index is 0.0667. The molecule has 2 aromatic rings. The lowest BCUT2D eigenvalue weighted by Gasteiger charge is -2.39. The number of terminal acetylenes is 1. The van der Waals surface area contributed by atoms with Crippen LogP contribution >= 0.6 is 11.6 Å². The highest BCUT2D eigenvalue weighted by Gasteiger charge is 2.64. The van der Waals surface area contributed by atoms with E-state index in [1.165, 1.54) is 24.3 Å². The van der Waals surface area contributed by atoms with Crippen LogP contribution in [-0.2, 0) is 10.3 Å². The van der Waals surface area contributed by atoms with Crippen LogP contribution in [0.25, 0.3) is 0 Å². The highest BCUT2D eigenvalue weighted by atomic mass is 35.5. The first-order valence-electron chi connectivity index (χ1n) is 6.75. The fourth-order valence-electron chi connectivity index (χ4n) is 2.78. The summed E-state index contributed by atoms with van der Waals surface area (Å²) in [6.07, 6.45) is 1.31. The number of alkyl halides is 3. The maximum absolute atomic E-state index is 14.2. The predicted molar refractivity (Wildman–Crippen MR) is 81.8 cm³/mol. The van der Waals surface area contributed by atoms with Gasteiger partial charge in [0.1, 0.15) is 12.3 Å². The average Bonchev–Trinajstić information content (AvgIpc) is 2.51. The first kappa shape index (κ1) is 16.4. The highest BCUT2D eigenvalue weighted by molar-refractivity contribution is 6.30. The SMILES string of the molecule is C#CCOC1(C(F)(F)F)c2cc(Cl)ccc2Nc2c1ccc[n+]2[O-]. The van der Waals surface area contributed by atoms with Crippen LogP contribution in [-0.4, -0.2) is 12.8 Å². The Bertz CT molecular complexity index is 844. The number of hydrogen-bond donors (Lipinski definition) is 1. The molecular weight excluding hydrogens is 345 g/mol. The van der Waals surface area contributed by atoms with Crippen molar-refractivity contribution in [2.24, 2.45) is 0 Å². The molecule has 0 fully saturated rings. The molecule has 1 aliphatic heterocycles. The summed E-state index contributed by atoms with van der Waals surface area (Å²) >= 11 is 5.89. The van der Waals surface area contributed by atoms with Crippen molar-refractivity contribution in [3.63, 3.8) is 0 Å². The van der Waals surface area contributed by atoms with Gasteiger partial charge in [-0.2, -0.15) is 13.2 Å². The molecule has 4 nitrogen and oxygen atoms in total. The van der Waals surface area contributed by atoms with Crippen LogP contribution in [0.2, 0.25) is 5.02 Å². The molecule has 1 aromatic carbocycles. The minimum Gasteiger partial charge on any atom is -0.711 e. The number of pyridine rings is 1. The van der Waals surface area contributed by atoms with E-state index in [1.54, 1.807) is 0 Å². The third-order valence-corrected chi connectivity index (χ3v) is 3.96. The quantitative estimate of drug-likeness (QED) is 0.510. The van der Waals surface area contributed by atoms with E-state index in [9.17, 15) is 18.4 Å². The molecule has 0 amide bonds. The molecule has 0 saturated heterocycles. The van der Waals surface area contributed by atoms with E-state index in [2.05, 4.69) is 5.32 Å². The molecule has 124 valence electrons. The zero-order chi connectivity index (χ0) is 17.5. The summed E-state index contributed by atoms with van der Waals surface area (Å²) in [6.45, 7) is -0.599. The number of fused-ring (bicyclic) bond motifs is 2. The van der Waals surface area contributed by atoms with Crippen LogP contribution in [0.5, 0.6) is 0 Å². The molecule has 1 N–H and O–H groups in total. The second-order valence-electron chi connectivity index (χ2n) is 5.08. The van der Waals surface area contributed by atoms with Crippen LogP contribution in [0.3, 0.4) is 0 Å². The van der Waals surface area contributed by atoms with Crippen LogP contribution < -0.4 is 10.0 Å². The maximum atomic E-state index is 14.2. The molecule has 3 rings (SSSR count). The van der Waals surface area contributed by atoms with Gasteiger partial charge in [0, 0.05) is 10.6 Å². The van der Waals surface area contributed by atoms with Crippen LogP contribution in [0, 0.1) is 17.6 Å². The molecule has 1 unspecified atom stereocenters. The summed E-state index contributed by atoms with van der Waals surface area (Å²) in [5.74, 6) is 1.77. The van der Waals surface area contributed by atoms with Crippen molar-refractivity contribution < 1.29 is 22.6 Å². The topological polar surface area (TPSA) is 48.2 Å². The normalized spacial score (nSPS) is 19.0. The number of halogens is 4. The predicted octanol–water partition coefficient (Wildman–Crippen LogP) is 3.49. The zero-order valence-electron chi connectivity index (χ0n) is 12.0. The van der Waals surface area contributed by atoms with Crippen LogP contribution in [0.15, 0.2) is 36.5 Å². The van der Waals surface area contributed by atoms with Crippen molar-refractivity contribution in [1.29, 1.82) is 0 Å². The molecule has 1 aliphatic rings. The lowest BCUT2D eigenvalue weighted by atomic mass is 9.82. The fraction of sp³-hybridized carbons (Fsp3) is 0.188. The Kier molecular flexibility index (Phi) is 3.82. The van der Waals surface area contributed by atoms with E-state index in [0.717, 1.165) is 12.3 Å². The number of ether oxygens (including phenoxy) is 1. The van der Waals surface area contributed by atoms with Crippen molar-refractivity contribution in [2.75, 3.05) is 11.9 Å². The van der Waals surface area contributed by atoms with Gasteiger partial charge in [-0.15, -0.1) is 6.42 Å². The summed E-state index contributed by atoms with van der Waals surface area (Å²) in [4.78, 5) is 0. The van der Waals surface area contributed by atoms with E-state index in [4.69, 9.17) is 22.8 Å². The highest BCUT2D eigenvalue weighted by Crippen LogP contribution is 2.54. The van der Waals surface area contributed by atoms with E-state index < -0.39 is 18.4 Å². The molecule has 0 saturated carbocycles. The molecule has 2 heterocycles. The van der Waals surface area contributed by atoms with E-state index in [1.807, 2.05) is 5.92 Å². The van der Waals surface area contributed by atoms with Gasteiger partial charge in [-0.05, 0) is 30.3 Å². The molecular formula is C16H10ClF3N2O2. The summed E-state index contributed by atoms with van der Waals surface area (Å²) in [5.41, 5.74) is -3.46. The van der Waals surface area contributed by atoms with Gasteiger partial charge in [0.05, 0.1) is 11.8 Å². The van der Waals surface area contributed by atoms with Gasteiger partial charge in [0.25, 0.3) is 5.82 Å². The van der Waals surface area contributed by atoms with Crippen LogP contribution in [0.4, 0.5) is 24.7 Å². The molecule has 24 heavy (non-hydrogen) atoms. The van der Waals surface area contributed by atoms with Crippen molar-refractivity contribution in [1.82, 2.24) is 0 Å². The molecule has 8 heteroatoms. The van der Waals surface area contributed by atoms with Gasteiger partial charge in [-0.25, -0.2) is 10.0 Å². The number of nitrogens with zero attached hydrogens (tertiary/aromatic N) is 1. The Labute approximate surface area is 140 Å². The summed E-state index contributed by atoms with van der Waals surface area (Å²) in [7, 11) is 0. The summed E-state index contributed by atoms with van der Waals surface area (Å²) in [6, 6.07) is 6.30.